The van der Waals surface area contributed by atoms with Gasteiger partial charge < -0.3 is 9.84 Å². The summed E-state index contributed by atoms with van der Waals surface area (Å²) < 4.78 is 8.09. The number of carboxylic acid groups (broad SMARTS) is 1. The number of benzene rings is 2. The van der Waals surface area contributed by atoms with Crippen LogP contribution in [0.15, 0.2) is 48.8 Å². The van der Waals surface area contributed by atoms with Crippen LogP contribution >= 0.6 is 0 Å². The van der Waals surface area contributed by atoms with E-state index >= 15 is 0 Å². The summed E-state index contributed by atoms with van der Waals surface area (Å²) in [6.45, 7) is 5.82. The summed E-state index contributed by atoms with van der Waals surface area (Å²) in [7, 11) is 1.87. The number of hydrogen-bond donors (Lipinski definition) is 1. The molecule has 2 aliphatic rings. The van der Waals surface area contributed by atoms with Gasteiger partial charge in [-0.05, 0) is 66.1 Å². The van der Waals surface area contributed by atoms with Gasteiger partial charge in [-0.2, -0.15) is 0 Å². The Kier molecular flexibility index (Phi) is 6.35. The predicted molar refractivity (Wildman–Crippen MR) is 144 cm³/mol. The fourth-order valence-electron chi connectivity index (χ4n) is 6.26. The van der Waals surface area contributed by atoms with Crippen LogP contribution in [0.4, 0.5) is 0 Å². The first kappa shape index (κ1) is 24.6. The van der Waals surface area contributed by atoms with E-state index in [4.69, 9.17) is 4.74 Å². The molecule has 1 aliphatic carbocycles. The molecular weight excluding hydrogens is 478 g/mol. The molecular formula is C30H33N5O3. The molecule has 4 aromatic rings. The lowest BCUT2D eigenvalue weighted by Crippen LogP contribution is -2.34. The number of ether oxygens (including phenoxy) is 1. The monoisotopic (exact) mass is 511 g/mol. The van der Waals surface area contributed by atoms with Crippen molar-refractivity contribution >= 4 is 17.0 Å². The lowest BCUT2D eigenvalue weighted by molar-refractivity contribution is -0.137. The normalized spacial score (nSPS) is 20.0. The van der Waals surface area contributed by atoms with Crippen molar-refractivity contribution in [2.75, 3.05) is 6.54 Å². The number of nitrogens with zero attached hydrogens (tertiary/aromatic N) is 5. The van der Waals surface area contributed by atoms with Gasteiger partial charge in [0.05, 0.1) is 11.9 Å². The molecule has 8 heteroatoms. The van der Waals surface area contributed by atoms with E-state index in [1.54, 1.807) is 10.9 Å². The molecule has 0 radical (unpaired) electrons. The lowest BCUT2D eigenvalue weighted by Gasteiger charge is -2.30. The lowest BCUT2D eigenvalue weighted by atomic mass is 9.84. The molecule has 0 saturated carbocycles. The summed E-state index contributed by atoms with van der Waals surface area (Å²) in [5.41, 5.74) is 8.54. The number of fused-ring (bicyclic) bond motifs is 3. The Balaban J connectivity index is 1.39. The zero-order valence-electron chi connectivity index (χ0n) is 22.1. The maximum absolute atomic E-state index is 12.0. The van der Waals surface area contributed by atoms with E-state index in [9.17, 15) is 9.90 Å². The second-order valence-corrected chi connectivity index (χ2v) is 10.6. The van der Waals surface area contributed by atoms with Crippen LogP contribution in [-0.2, 0) is 24.8 Å². The highest BCUT2D eigenvalue weighted by Gasteiger charge is 2.33. The van der Waals surface area contributed by atoms with E-state index in [1.165, 1.54) is 11.1 Å². The molecule has 6 rings (SSSR count). The summed E-state index contributed by atoms with van der Waals surface area (Å²) in [5, 5.41) is 18.4. The summed E-state index contributed by atoms with van der Waals surface area (Å²) in [5.74, 6) is -0.158. The van der Waals surface area contributed by atoms with Crippen molar-refractivity contribution in [1.29, 1.82) is 0 Å². The van der Waals surface area contributed by atoms with E-state index in [0.29, 0.717) is 0 Å². The molecule has 2 aromatic heterocycles. The Labute approximate surface area is 222 Å². The maximum atomic E-state index is 12.0. The Hall–Kier alpha value is -3.78. The van der Waals surface area contributed by atoms with E-state index in [0.717, 1.165) is 71.4 Å². The van der Waals surface area contributed by atoms with Crippen molar-refractivity contribution in [2.45, 2.75) is 64.1 Å². The quantitative estimate of drug-likeness (QED) is 0.392. The van der Waals surface area contributed by atoms with Crippen LogP contribution in [0.3, 0.4) is 0 Å². The number of aryl methyl sites for hydroxylation is 3. The highest BCUT2D eigenvalue weighted by atomic mass is 16.5. The molecule has 1 aliphatic heterocycles. The zero-order valence-corrected chi connectivity index (χ0v) is 22.1. The smallest absolute Gasteiger partial charge is 0.304 e. The molecule has 0 spiro atoms. The minimum absolute atomic E-state index is 0.0184. The Bertz CT molecular complexity index is 1510. The first-order valence-corrected chi connectivity index (χ1v) is 13.4. The molecule has 3 unspecified atom stereocenters. The van der Waals surface area contributed by atoms with Gasteiger partial charge in [-0.3, -0.25) is 14.7 Å². The SMILES string of the molecule is CCC1CN(C2CCc3ccc(C(CC(=O)O)c4ccc5c(nnn5C)c4C)cc32)Cc2cnccc2O1. The molecule has 0 fully saturated rings. The minimum Gasteiger partial charge on any atom is -0.489 e. The third-order valence-corrected chi connectivity index (χ3v) is 8.31. The highest BCUT2D eigenvalue weighted by Crippen LogP contribution is 2.42. The van der Waals surface area contributed by atoms with Gasteiger partial charge in [-0.15, -0.1) is 5.10 Å². The van der Waals surface area contributed by atoms with E-state index in [-0.39, 0.29) is 24.5 Å². The van der Waals surface area contributed by atoms with Crippen LogP contribution in [0.25, 0.3) is 11.0 Å². The fraction of sp³-hybridized carbons (Fsp3) is 0.400. The molecule has 0 amide bonds. The van der Waals surface area contributed by atoms with Crippen LogP contribution in [-0.4, -0.2) is 48.6 Å². The highest BCUT2D eigenvalue weighted by molar-refractivity contribution is 5.80. The van der Waals surface area contributed by atoms with Crippen molar-refractivity contribution in [2.24, 2.45) is 7.05 Å². The summed E-state index contributed by atoms with van der Waals surface area (Å²) >= 11 is 0. The number of hydrogen-bond acceptors (Lipinski definition) is 6. The largest absolute Gasteiger partial charge is 0.489 e. The molecule has 0 saturated heterocycles. The molecule has 8 nitrogen and oxygen atoms in total. The number of aliphatic carboxylic acids is 1. The number of carbonyl (C=O) groups is 1. The number of aromatic nitrogens is 4. The van der Waals surface area contributed by atoms with Gasteiger partial charge in [-0.25, -0.2) is 4.68 Å². The van der Waals surface area contributed by atoms with Crippen molar-refractivity contribution in [1.82, 2.24) is 24.9 Å². The predicted octanol–water partition coefficient (Wildman–Crippen LogP) is 4.94. The Morgan fingerprint density at radius 2 is 2.08 bits per heavy atom. The van der Waals surface area contributed by atoms with E-state index in [2.05, 4.69) is 45.3 Å². The molecule has 38 heavy (non-hydrogen) atoms. The standard InChI is InChI=1S/C30H33N5O3/c1-4-22-17-35(16-21-15-31-12-11-28(21)38-22)26-9-7-19-5-6-20(13-25(19)26)24(14-29(36)37)23-8-10-27-30(18(23)2)32-33-34(27)3/h5-6,8,10-13,15,22,24,26H,4,7,9,14,16-17H2,1-3H3,(H,36,37). The van der Waals surface area contributed by atoms with Gasteiger partial charge in [0.15, 0.2) is 0 Å². The third-order valence-electron chi connectivity index (χ3n) is 8.31. The zero-order chi connectivity index (χ0) is 26.4. The second-order valence-electron chi connectivity index (χ2n) is 10.6. The van der Waals surface area contributed by atoms with E-state index < -0.39 is 5.97 Å². The van der Waals surface area contributed by atoms with Gasteiger partial charge in [0.2, 0.25) is 0 Å². The topological polar surface area (TPSA) is 93.4 Å². The van der Waals surface area contributed by atoms with Crippen LogP contribution in [0.5, 0.6) is 5.75 Å². The molecule has 3 heterocycles. The molecule has 3 atom stereocenters. The molecule has 0 bridgehead atoms. The van der Waals surface area contributed by atoms with Gasteiger partial charge >= 0.3 is 5.97 Å². The fourth-order valence-corrected chi connectivity index (χ4v) is 6.26. The van der Waals surface area contributed by atoms with Gasteiger partial charge in [0.1, 0.15) is 17.4 Å². The maximum Gasteiger partial charge on any atom is 0.304 e. The van der Waals surface area contributed by atoms with Crippen LogP contribution in [0.2, 0.25) is 0 Å². The molecule has 2 aromatic carbocycles. The molecule has 1 N–H and O–H groups in total. The van der Waals surface area contributed by atoms with Gasteiger partial charge in [-0.1, -0.05) is 36.4 Å². The first-order chi connectivity index (χ1) is 18.4. The number of rotatable bonds is 6. The van der Waals surface area contributed by atoms with Crippen molar-refractivity contribution in [3.8, 4) is 5.75 Å². The Morgan fingerprint density at radius 1 is 1.21 bits per heavy atom. The minimum atomic E-state index is -0.815. The van der Waals surface area contributed by atoms with Crippen LogP contribution in [0, 0.1) is 6.92 Å². The van der Waals surface area contributed by atoms with Gasteiger partial charge in [0.25, 0.3) is 0 Å². The van der Waals surface area contributed by atoms with Crippen molar-refractivity contribution in [3.63, 3.8) is 0 Å². The third kappa shape index (κ3) is 4.32. The summed E-state index contributed by atoms with van der Waals surface area (Å²) in [6, 6.07) is 12.8. The average molecular weight is 512 g/mol. The van der Waals surface area contributed by atoms with Crippen LogP contribution < -0.4 is 4.74 Å². The molecule has 196 valence electrons. The summed E-state index contributed by atoms with van der Waals surface area (Å²) in [4.78, 5) is 18.9. The average Bonchev–Trinajstić information content (AvgIpc) is 3.45. The van der Waals surface area contributed by atoms with Crippen molar-refractivity contribution < 1.29 is 14.6 Å². The Morgan fingerprint density at radius 3 is 2.89 bits per heavy atom. The van der Waals surface area contributed by atoms with Crippen LogP contribution in [0.1, 0.15) is 71.5 Å². The second kappa shape index (κ2) is 9.83. The number of carboxylic acids is 1. The first-order valence-electron chi connectivity index (χ1n) is 13.4. The summed E-state index contributed by atoms with van der Waals surface area (Å²) in [6.07, 6.45) is 6.84. The van der Waals surface area contributed by atoms with Gasteiger partial charge in [0, 0.05) is 50.1 Å². The van der Waals surface area contributed by atoms with Crippen molar-refractivity contribution in [3.05, 3.63) is 82.2 Å². The number of pyridine rings is 1. The van der Waals surface area contributed by atoms with E-state index in [1.807, 2.05) is 38.4 Å².